The number of nitrogens with zero attached hydrogens (tertiary/aromatic N) is 1. The molecule has 2 aromatic rings. The lowest BCUT2D eigenvalue weighted by Gasteiger charge is -2.13. The third-order valence-electron chi connectivity index (χ3n) is 3.59. The number of amides is 1. The van der Waals surface area contributed by atoms with E-state index in [1.165, 1.54) is 7.11 Å². The predicted octanol–water partition coefficient (Wildman–Crippen LogP) is 3.14. The molecule has 0 bridgehead atoms. The molecule has 1 amide bonds. The summed E-state index contributed by atoms with van der Waals surface area (Å²) < 4.78 is 4.78. The Bertz CT molecular complexity index is 731. The maximum atomic E-state index is 12.2. The Balaban J connectivity index is 2.22. The zero-order valence-electron chi connectivity index (χ0n) is 14.0. The molecule has 1 aromatic heterocycles. The number of carbonyl (C=O) groups is 2. The van der Waals surface area contributed by atoms with Gasteiger partial charge in [-0.2, -0.15) is 0 Å². The Morgan fingerprint density at radius 3 is 2.71 bits per heavy atom. The Hall–Kier alpha value is -2.89. The third kappa shape index (κ3) is 4.32. The molecule has 0 saturated carbocycles. The molecule has 0 spiro atoms. The van der Waals surface area contributed by atoms with Crippen LogP contribution in [0.2, 0.25) is 0 Å². The number of esters is 1. The summed E-state index contributed by atoms with van der Waals surface area (Å²) in [7, 11) is 1.34. The number of nitrogens with one attached hydrogen (secondary N) is 2. The highest BCUT2D eigenvalue weighted by Gasteiger charge is 2.13. The lowest BCUT2D eigenvalue weighted by atomic mass is 10.1. The normalized spacial score (nSPS) is 11.5. The largest absolute Gasteiger partial charge is 0.465 e. The Morgan fingerprint density at radius 2 is 2.00 bits per heavy atom. The van der Waals surface area contributed by atoms with Crippen molar-refractivity contribution < 1.29 is 14.3 Å². The molecule has 0 aliphatic heterocycles. The molecule has 24 heavy (non-hydrogen) atoms. The molecule has 0 fully saturated rings. The molecule has 6 heteroatoms. The monoisotopic (exact) mass is 327 g/mol. The van der Waals surface area contributed by atoms with E-state index >= 15 is 0 Å². The van der Waals surface area contributed by atoms with Gasteiger partial charge in [-0.15, -0.1) is 0 Å². The van der Waals surface area contributed by atoms with E-state index in [4.69, 9.17) is 4.74 Å². The van der Waals surface area contributed by atoms with Gasteiger partial charge in [-0.25, -0.2) is 4.79 Å². The van der Waals surface area contributed by atoms with Crippen molar-refractivity contribution in [3.8, 4) is 0 Å². The maximum Gasteiger partial charge on any atom is 0.339 e. The first-order chi connectivity index (χ1) is 11.5. The number of rotatable bonds is 6. The van der Waals surface area contributed by atoms with E-state index in [-0.39, 0.29) is 11.9 Å². The van der Waals surface area contributed by atoms with E-state index in [0.29, 0.717) is 22.6 Å². The highest BCUT2D eigenvalue weighted by molar-refractivity contribution is 5.97. The number of para-hydroxylation sites is 1. The standard InChI is InChI=1S/C18H21N3O3/c1-4-12(2)20-17(22)16-11-13(9-10-19-16)21-15-8-6-5-7-14(15)18(23)24-3/h5-12H,4H2,1-3H3,(H,19,21)(H,20,22). The maximum absolute atomic E-state index is 12.2. The fourth-order valence-corrected chi connectivity index (χ4v) is 2.07. The first kappa shape index (κ1) is 17.5. The molecule has 0 saturated heterocycles. The van der Waals surface area contributed by atoms with Crippen molar-refractivity contribution in [3.05, 3.63) is 53.9 Å². The molecular weight excluding hydrogens is 306 g/mol. The number of carbonyl (C=O) groups excluding carboxylic acids is 2. The first-order valence-corrected chi connectivity index (χ1v) is 7.76. The van der Waals surface area contributed by atoms with Gasteiger partial charge in [0, 0.05) is 17.9 Å². The Kier molecular flexibility index (Phi) is 5.89. The number of hydrogen-bond acceptors (Lipinski definition) is 5. The van der Waals surface area contributed by atoms with E-state index in [1.54, 1.807) is 36.5 Å². The van der Waals surface area contributed by atoms with Gasteiger partial charge in [-0.3, -0.25) is 9.78 Å². The Labute approximate surface area is 141 Å². The third-order valence-corrected chi connectivity index (χ3v) is 3.59. The van der Waals surface area contributed by atoms with Gasteiger partial charge in [0.15, 0.2) is 0 Å². The summed E-state index contributed by atoms with van der Waals surface area (Å²) in [5, 5.41) is 6.00. The van der Waals surface area contributed by atoms with Gasteiger partial charge >= 0.3 is 5.97 Å². The zero-order chi connectivity index (χ0) is 17.5. The molecule has 0 radical (unpaired) electrons. The fourth-order valence-electron chi connectivity index (χ4n) is 2.07. The summed E-state index contributed by atoms with van der Waals surface area (Å²) in [6, 6.07) is 10.5. The molecule has 1 unspecified atom stereocenters. The van der Waals surface area contributed by atoms with Crippen LogP contribution in [0.1, 0.15) is 41.1 Å². The summed E-state index contributed by atoms with van der Waals surface area (Å²) in [5.41, 5.74) is 2.00. The van der Waals surface area contributed by atoms with Crippen LogP contribution in [0, 0.1) is 0 Å². The van der Waals surface area contributed by atoms with Crippen molar-refractivity contribution in [1.29, 1.82) is 0 Å². The van der Waals surface area contributed by atoms with Crippen LogP contribution in [0.5, 0.6) is 0 Å². The van der Waals surface area contributed by atoms with Crippen molar-refractivity contribution in [2.24, 2.45) is 0 Å². The molecular formula is C18H21N3O3. The lowest BCUT2D eigenvalue weighted by Crippen LogP contribution is -2.32. The van der Waals surface area contributed by atoms with E-state index < -0.39 is 5.97 Å². The van der Waals surface area contributed by atoms with Crippen LogP contribution in [0.4, 0.5) is 11.4 Å². The minimum atomic E-state index is -0.429. The second-order valence-electron chi connectivity index (χ2n) is 5.37. The molecule has 0 aliphatic rings. The second-order valence-corrected chi connectivity index (χ2v) is 5.37. The number of aromatic nitrogens is 1. The van der Waals surface area contributed by atoms with Crippen molar-refractivity contribution in [3.63, 3.8) is 0 Å². The molecule has 1 aromatic carbocycles. The highest BCUT2D eigenvalue weighted by atomic mass is 16.5. The quantitative estimate of drug-likeness (QED) is 0.797. The van der Waals surface area contributed by atoms with E-state index in [2.05, 4.69) is 15.6 Å². The van der Waals surface area contributed by atoms with E-state index in [1.807, 2.05) is 19.9 Å². The molecule has 126 valence electrons. The van der Waals surface area contributed by atoms with Crippen LogP contribution in [-0.2, 0) is 4.74 Å². The van der Waals surface area contributed by atoms with Gasteiger partial charge in [0.05, 0.1) is 18.4 Å². The summed E-state index contributed by atoms with van der Waals surface area (Å²) >= 11 is 0. The van der Waals surface area contributed by atoms with Gasteiger partial charge in [-0.05, 0) is 37.6 Å². The Morgan fingerprint density at radius 1 is 1.25 bits per heavy atom. The van der Waals surface area contributed by atoms with Crippen LogP contribution >= 0.6 is 0 Å². The topological polar surface area (TPSA) is 80.3 Å². The van der Waals surface area contributed by atoms with Crippen LogP contribution in [0.25, 0.3) is 0 Å². The minimum Gasteiger partial charge on any atom is -0.465 e. The smallest absolute Gasteiger partial charge is 0.339 e. The van der Waals surface area contributed by atoms with Gasteiger partial charge in [0.2, 0.25) is 0 Å². The van der Waals surface area contributed by atoms with Crippen molar-refractivity contribution in [1.82, 2.24) is 10.3 Å². The zero-order valence-corrected chi connectivity index (χ0v) is 14.0. The number of hydrogen-bond donors (Lipinski definition) is 2. The van der Waals surface area contributed by atoms with E-state index in [0.717, 1.165) is 6.42 Å². The van der Waals surface area contributed by atoms with Gasteiger partial charge in [0.25, 0.3) is 5.91 Å². The van der Waals surface area contributed by atoms with Crippen LogP contribution in [0.3, 0.4) is 0 Å². The average molecular weight is 327 g/mol. The fraction of sp³-hybridized carbons (Fsp3) is 0.278. The van der Waals surface area contributed by atoms with Crippen molar-refractivity contribution in [2.75, 3.05) is 12.4 Å². The predicted molar refractivity (Wildman–Crippen MR) is 92.5 cm³/mol. The lowest BCUT2D eigenvalue weighted by molar-refractivity contribution is 0.0601. The first-order valence-electron chi connectivity index (χ1n) is 7.76. The number of ether oxygens (including phenoxy) is 1. The molecule has 6 nitrogen and oxygen atoms in total. The summed E-state index contributed by atoms with van der Waals surface area (Å²) in [5.74, 6) is -0.656. The number of pyridine rings is 1. The number of anilines is 2. The van der Waals surface area contributed by atoms with E-state index in [9.17, 15) is 9.59 Å². The van der Waals surface area contributed by atoms with Crippen LogP contribution < -0.4 is 10.6 Å². The SMILES string of the molecule is CCC(C)NC(=O)c1cc(Nc2ccccc2C(=O)OC)ccn1. The molecule has 1 heterocycles. The summed E-state index contributed by atoms with van der Waals surface area (Å²) in [6.07, 6.45) is 2.39. The molecule has 2 rings (SSSR count). The highest BCUT2D eigenvalue weighted by Crippen LogP contribution is 2.21. The number of benzene rings is 1. The van der Waals surface area contributed by atoms with Gasteiger partial charge in [-0.1, -0.05) is 19.1 Å². The molecule has 1 atom stereocenters. The minimum absolute atomic E-state index is 0.0796. The van der Waals surface area contributed by atoms with Crippen LogP contribution in [0.15, 0.2) is 42.6 Å². The second kappa shape index (κ2) is 8.10. The summed E-state index contributed by atoms with van der Waals surface area (Å²) in [6.45, 7) is 3.94. The van der Waals surface area contributed by atoms with Crippen molar-refractivity contribution >= 4 is 23.3 Å². The van der Waals surface area contributed by atoms with Crippen LogP contribution in [-0.4, -0.2) is 30.0 Å². The average Bonchev–Trinajstić information content (AvgIpc) is 2.61. The van der Waals surface area contributed by atoms with Gasteiger partial charge in [0.1, 0.15) is 5.69 Å². The van der Waals surface area contributed by atoms with Gasteiger partial charge < -0.3 is 15.4 Å². The molecule has 0 aliphatic carbocycles. The summed E-state index contributed by atoms with van der Waals surface area (Å²) in [4.78, 5) is 28.1. The number of methoxy groups -OCH3 is 1. The van der Waals surface area contributed by atoms with Crippen molar-refractivity contribution in [2.45, 2.75) is 26.3 Å². The molecule has 2 N–H and O–H groups in total.